The molecule has 1 aliphatic carbocycles. The van der Waals surface area contributed by atoms with Crippen molar-refractivity contribution in [3.05, 3.63) is 54.5 Å². The Balaban J connectivity index is 0.00000240. The molecule has 1 saturated carbocycles. The van der Waals surface area contributed by atoms with Crippen LogP contribution >= 0.6 is 0 Å². The normalized spacial score (nSPS) is 13.6. The summed E-state index contributed by atoms with van der Waals surface area (Å²) in [5.41, 5.74) is 1.08. The van der Waals surface area contributed by atoms with Gasteiger partial charge in [0, 0.05) is 29.6 Å². The van der Waals surface area contributed by atoms with E-state index in [-0.39, 0.29) is 52.8 Å². The number of carbonyl (C=O) groups is 1. The number of rotatable bonds is 5. The number of hydrogen-bond acceptors (Lipinski definition) is 4. The van der Waals surface area contributed by atoms with E-state index in [0.717, 1.165) is 12.8 Å². The van der Waals surface area contributed by atoms with E-state index in [1.165, 1.54) is 24.4 Å². The zero-order chi connectivity index (χ0) is 19.9. The van der Waals surface area contributed by atoms with Crippen molar-refractivity contribution in [2.75, 3.05) is 0 Å². The van der Waals surface area contributed by atoms with E-state index in [1.807, 2.05) is 0 Å². The monoisotopic (exact) mass is 413 g/mol. The van der Waals surface area contributed by atoms with Crippen LogP contribution < -0.4 is 4.74 Å². The molecule has 10 heteroatoms. The van der Waals surface area contributed by atoms with Gasteiger partial charge in [-0.25, -0.2) is 9.78 Å². The number of hydrogen-bond donors (Lipinski definition) is 1. The zero-order valence-electron chi connectivity index (χ0n) is 14.3. The van der Waals surface area contributed by atoms with Crippen LogP contribution in [0.15, 0.2) is 48.8 Å². The molecule has 1 aliphatic rings. The summed E-state index contributed by atoms with van der Waals surface area (Å²) in [4.78, 5) is 20.5. The Labute approximate surface area is 185 Å². The van der Waals surface area contributed by atoms with Gasteiger partial charge >= 0.3 is 41.9 Å². The third-order valence-electron chi connectivity index (χ3n) is 4.29. The van der Waals surface area contributed by atoms with E-state index in [2.05, 4.69) is 14.7 Å². The van der Waals surface area contributed by atoms with Crippen molar-refractivity contribution in [3.8, 4) is 28.4 Å². The van der Waals surface area contributed by atoms with Crippen LogP contribution in [0.3, 0.4) is 0 Å². The average molecular weight is 413 g/mol. The SMILES string of the molecule is O=C(O)c1c(-c2cccnc2)nc(-c2cccc(OC(F)(F)F)c2)n1C1CC1.[NaH]. The molecule has 0 atom stereocenters. The fourth-order valence-corrected chi connectivity index (χ4v) is 3.07. The van der Waals surface area contributed by atoms with E-state index >= 15 is 0 Å². The molecule has 0 bridgehead atoms. The topological polar surface area (TPSA) is 77.2 Å². The number of alkyl halides is 3. The predicted molar refractivity (Wildman–Crippen MR) is 100.0 cm³/mol. The van der Waals surface area contributed by atoms with Crippen LogP contribution in [0.25, 0.3) is 22.6 Å². The van der Waals surface area contributed by atoms with Gasteiger partial charge in [0.2, 0.25) is 0 Å². The summed E-state index contributed by atoms with van der Waals surface area (Å²) in [6.07, 6.45) is -0.221. The molecule has 0 aliphatic heterocycles. The van der Waals surface area contributed by atoms with E-state index in [4.69, 9.17) is 0 Å². The molecule has 2 aromatic heterocycles. The number of ether oxygens (including phenoxy) is 1. The second kappa shape index (κ2) is 8.17. The number of pyridine rings is 1. The Kier molecular flexibility index (Phi) is 6.02. The van der Waals surface area contributed by atoms with Gasteiger partial charge in [-0.05, 0) is 37.1 Å². The van der Waals surface area contributed by atoms with Crippen LogP contribution in [-0.2, 0) is 0 Å². The van der Waals surface area contributed by atoms with Gasteiger partial charge in [0.15, 0.2) is 5.69 Å². The van der Waals surface area contributed by atoms with Crippen LogP contribution in [0.2, 0.25) is 0 Å². The van der Waals surface area contributed by atoms with Gasteiger partial charge in [0.25, 0.3) is 0 Å². The second-order valence-electron chi connectivity index (χ2n) is 6.36. The van der Waals surface area contributed by atoms with Crippen molar-refractivity contribution >= 4 is 35.5 Å². The first kappa shape index (κ1) is 21.4. The molecule has 1 fully saturated rings. The molecule has 0 unspecified atom stereocenters. The molecular formula is C19H15F3N3NaO3. The summed E-state index contributed by atoms with van der Waals surface area (Å²) in [7, 11) is 0. The number of halogens is 3. The molecule has 6 nitrogen and oxygen atoms in total. The molecule has 1 aromatic carbocycles. The summed E-state index contributed by atoms with van der Waals surface area (Å²) >= 11 is 0. The number of imidazole rings is 1. The molecular weight excluding hydrogens is 398 g/mol. The van der Waals surface area contributed by atoms with Crippen molar-refractivity contribution in [1.29, 1.82) is 0 Å². The maximum atomic E-state index is 12.6. The fourth-order valence-electron chi connectivity index (χ4n) is 3.07. The quantitative estimate of drug-likeness (QED) is 0.642. The molecule has 4 rings (SSSR count). The van der Waals surface area contributed by atoms with Crippen molar-refractivity contribution < 1.29 is 27.8 Å². The summed E-state index contributed by atoms with van der Waals surface area (Å²) in [5, 5.41) is 9.80. The predicted octanol–water partition coefficient (Wildman–Crippen LogP) is 3.90. The van der Waals surface area contributed by atoms with Crippen molar-refractivity contribution in [2.24, 2.45) is 0 Å². The Morgan fingerprint density at radius 1 is 1.17 bits per heavy atom. The molecule has 0 spiro atoms. The van der Waals surface area contributed by atoms with Gasteiger partial charge in [-0.3, -0.25) is 4.98 Å². The van der Waals surface area contributed by atoms with Gasteiger partial charge in [-0.1, -0.05) is 12.1 Å². The summed E-state index contributed by atoms with van der Waals surface area (Å²) < 4.78 is 43.2. The van der Waals surface area contributed by atoms with E-state index in [0.29, 0.717) is 11.1 Å². The van der Waals surface area contributed by atoms with Crippen molar-refractivity contribution in [3.63, 3.8) is 0 Å². The first-order valence-corrected chi connectivity index (χ1v) is 8.45. The molecule has 0 radical (unpaired) electrons. The van der Waals surface area contributed by atoms with Gasteiger partial charge in [-0.2, -0.15) is 0 Å². The molecule has 2 heterocycles. The molecule has 146 valence electrons. The van der Waals surface area contributed by atoms with Gasteiger partial charge < -0.3 is 14.4 Å². The van der Waals surface area contributed by atoms with E-state index < -0.39 is 18.1 Å². The van der Waals surface area contributed by atoms with Gasteiger partial charge in [0.05, 0.1) is 0 Å². The minimum atomic E-state index is -4.82. The molecule has 1 N–H and O–H groups in total. The van der Waals surface area contributed by atoms with Crippen LogP contribution in [0.5, 0.6) is 5.75 Å². The Morgan fingerprint density at radius 3 is 2.48 bits per heavy atom. The number of carboxylic acids is 1. The van der Waals surface area contributed by atoms with E-state index in [1.54, 1.807) is 29.0 Å². The van der Waals surface area contributed by atoms with Crippen LogP contribution in [-0.4, -0.2) is 61.5 Å². The van der Waals surface area contributed by atoms with Gasteiger partial charge in [-0.15, -0.1) is 13.2 Å². The molecule has 29 heavy (non-hydrogen) atoms. The Hall–Kier alpha value is -2.36. The minimum absolute atomic E-state index is 0. The van der Waals surface area contributed by atoms with Crippen LogP contribution in [0.4, 0.5) is 13.2 Å². The third kappa shape index (κ3) is 4.63. The summed E-state index contributed by atoms with van der Waals surface area (Å²) in [6.45, 7) is 0. The van der Waals surface area contributed by atoms with Crippen molar-refractivity contribution in [2.45, 2.75) is 25.2 Å². The zero-order valence-corrected chi connectivity index (χ0v) is 14.3. The first-order chi connectivity index (χ1) is 13.3. The Bertz CT molecular complexity index is 1030. The van der Waals surface area contributed by atoms with E-state index in [9.17, 15) is 23.1 Å². The molecule has 0 amide bonds. The third-order valence-corrected chi connectivity index (χ3v) is 4.29. The number of aromatic carboxylic acids is 1. The van der Waals surface area contributed by atoms with Crippen LogP contribution in [0.1, 0.15) is 29.4 Å². The van der Waals surface area contributed by atoms with Gasteiger partial charge in [0.1, 0.15) is 17.3 Å². The molecule has 0 saturated heterocycles. The average Bonchev–Trinajstić information content (AvgIpc) is 3.40. The van der Waals surface area contributed by atoms with Crippen LogP contribution in [0, 0.1) is 0 Å². The standard InChI is InChI=1S/C19H14F3N3O3.Na.H/c20-19(21,22)28-14-5-1-3-11(9-14)17-24-15(12-4-2-8-23-10-12)16(18(26)27)25(17)13-6-7-13;;/h1-5,8-10,13H,6-7H2,(H,26,27);;. The summed E-state index contributed by atoms with van der Waals surface area (Å²) in [5.74, 6) is -1.27. The first-order valence-electron chi connectivity index (χ1n) is 8.45. The maximum absolute atomic E-state index is 12.6. The number of nitrogens with zero attached hydrogens (tertiary/aromatic N) is 3. The number of carboxylic acid groups (broad SMARTS) is 1. The number of aromatic nitrogens is 3. The Morgan fingerprint density at radius 2 is 1.90 bits per heavy atom. The van der Waals surface area contributed by atoms with Crippen molar-refractivity contribution in [1.82, 2.24) is 14.5 Å². The fraction of sp³-hybridized carbons (Fsp3) is 0.211. The molecule has 3 aromatic rings. The summed E-state index contributed by atoms with van der Waals surface area (Å²) in [6, 6.07) is 8.65. The number of benzene rings is 1. The second-order valence-corrected chi connectivity index (χ2v) is 6.36.